The molecular weight excluding hydrogens is 379 g/mol. The number of nitrogens with zero attached hydrogens (tertiary/aromatic N) is 1. The van der Waals surface area contributed by atoms with Gasteiger partial charge in [0, 0.05) is 6.54 Å². The molecule has 0 amide bonds. The maximum atomic E-state index is 13.0. The molecule has 3 nitrogen and oxygen atoms in total. The van der Waals surface area contributed by atoms with Gasteiger partial charge >= 0.3 is 12.1 Å². The average molecular weight is 405 g/mol. The van der Waals surface area contributed by atoms with Gasteiger partial charge in [-0.1, -0.05) is 50.2 Å². The molecule has 0 spiro atoms. The Morgan fingerprint density at radius 2 is 1.52 bits per heavy atom. The Hall–Kier alpha value is -2.34. The Bertz CT molecular complexity index is 829. The third-order valence-corrected chi connectivity index (χ3v) is 5.64. The van der Waals surface area contributed by atoms with E-state index in [2.05, 4.69) is 18.7 Å². The van der Waals surface area contributed by atoms with E-state index < -0.39 is 23.6 Å². The number of benzene rings is 2. The van der Waals surface area contributed by atoms with Crippen molar-refractivity contribution in [2.24, 2.45) is 5.92 Å². The lowest BCUT2D eigenvalue weighted by atomic mass is 9.90. The lowest BCUT2D eigenvalue weighted by Gasteiger charge is -2.37. The number of rotatable bonds is 5. The van der Waals surface area contributed by atoms with E-state index in [0.717, 1.165) is 29.7 Å². The summed E-state index contributed by atoms with van der Waals surface area (Å²) in [5.74, 6) is -0.911. The molecule has 1 fully saturated rings. The van der Waals surface area contributed by atoms with Crippen molar-refractivity contribution in [1.82, 2.24) is 4.90 Å². The van der Waals surface area contributed by atoms with Crippen LogP contribution in [0.3, 0.4) is 0 Å². The van der Waals surface area contributed by atoms with E-state index in [0.29, 0.717) is 25.4 Å². The number of piperidine rings is 1. The van der Waals surface area contributed by atoms with E-state index in [1.807, 2.05) is 24.3 Å². The van der Waals surface area contributed by atoms with Gasteiger partial charge in [-0.3, -0.25) is 9.69 Å². The molecule has 0 saturated carbocycles. The summed E-state index contributed by atoms with van der Waals surface area (Å²) in [6, 6.07) is 13.0. The molecular formula is C23H26F3NO2. The Morgan fingerprint density at radius 1 is 1.00 bits per heavy atom. The zero-order valence-corrected chi connectivity index (χ0v) is 16.6. The second-order valence-electron chi connectivity index (χ2n) is 8.02. The summed E-state index contributed by atoms with van der Waals surface area (Å²) < 4.78 is 38.9. The highest BCUT2D eigenvalue weighted by atomic mass is 19.4. The van der Waals surface area contributed by atoms with Crippen molar-refractivity contribution in [3.63, 3.8) is 0 Å². The average Bonchev–Trinajstić information content (AvgIpc) is 2.68. The predicted octanol–water partition coefficient (Wildman–Crippen LogP) is 5.71. The van der Waals surface area contributed by atoms with Crippen LogP contribution < -0.4 is 0 Å². The van der Waals surface area contributed by atoms with Gasteiger partial charge in [0.25, 0.3) is 0 Å². The third-order valence-electron chi connectivity index (χ3n) is 5.64. The summed E-state index contributed by atoms with van der Waals surface area (Å²) >= 11 is 0. The van der Waals surface area contributed by atoms with Crippen molar-refractivity contribution in [3.8, 4) is 0 Å². The summed E-state index contributed by atoms with van der Waals surface area (Å²) in [5.41, 5.74) is 2.20. The normalized spacial score (nSPS) is 19.3. The standard InChI is InChI=1S/C23H26F3NO2/c1-15(2)16-5-7-17(8-6-16)21(27-13-3-4-19(14-27)22(28)29)18-9-11-20(12-10-18)23(24,25)26/h5-12,15,19,21H,3-4,13-14H2,1-2H3,(H,28,29). The largest absolute Gasteiger partial charge is 0.481 e. The highest BCUT2D eigenvalue weighted by molar-refractivity contribution is 5.70. The van der Waals surface area contributed by atoms with Gasteiger partial charge in [0.15, 0.2) is 0 Å². The van der Waals surface area contributed by atoms with E-state index in [-0.39, 0.29) is 6.04 Å². The number of carboxylic acids is 1. The summed E-state index contributed by atoms with van der Waals surface area (Å²) in [4.78, 5) is 13.6. The van der Waals surface area contributed by atoms with Crippen molar-refractivity contribution in [1.29, 1.82) is 0 Å². The molecule has 0 aromatic heterocycles. The van der Waals surface area contributed by atoms with Crippen LogP contribution in [0.15, 0.2) is 48.5 Å². The monoisotopic (exact) mass is 405 g/mol. The minimum Gasteiger partial charge on any atom is -0.481 e. The number of aliphatic carboxylic acids is 1. The van der Waals surface area contributed by atoms with Gasteiger partial charge in [-0.25, -0.2) is 0 Å². The molecule has 2 aromatic carbocycles. The summed E-state index contributed by atoms with van der Waals surface area (Å²) in [5, 5.41) is 9.45. The molecule has 3 rings (SSSR count). The Labute approximate surface area is 169 Å². The van der Waals surface area contributed by atoms with Gasteiger partial charge in [-0.15, -0.1) is 0 Å². The molecule has 1 heterocycles. The van der Waals surface area contributed by atoms with Crippen LogP contribution in [0.2, 0.25) is 0 Å². The van der Waals surface area contributed by atoms with Crippen molar-refractivity contribution >= 4 is 5.97 Å². The summed E-state index contributed by atoms with van der Waals surface area (Å²) in [6.45, 7) is 5.29. The van der Waals surface area contributed by atoms with Crippen LogP contribution >= 0.6 is 0 Å². The van der Waals surface area contributed by atoms with Gasteiger partial charge in [0.05, 0.1) is 17.5 Å². The summed E-state index contributed by atoms with van der Waals surface area (Å²) in [6.07, 6.45) is -3.01. The van der Waals surface area contributed by atoms with Crippen LogP contribution in [-0.4, -0.2) is 29.1 Å². The number of carboxylic acid groups (broad SMARTS) is 1. The first kappa shape index (κ1) is 21.4. The number of carbonyl (C=O) groups is 1. The van der Waals surface area contributed by atoms with Gasteiger partial charge < -0.3 is 5.11 Å². The molecule has 0 aliphatic carbocycles. The lowest BCUT2D eigenvalue weighted by Crippen LogP contribution is -2.41. The zero-order valence-electron chi connectivity index (χ0n) is 16.6. The minimum atomic E-state index is -4.38. The number of likely N-dealkylation sites (tertiary alicyclic amines) is 1. The molecule has 6 heteroatoms. The first-order valence-corrected chi connectivity index (χ1v) is 9.90. The second kappa shape index (κ2) is 8.57. The Morgan fingerprint density at radius 3 is 2.00 bits per heavy atom. The fraction of sp³-hybridized carbons (Fsp3) is 0.435. The summed E-state index contributed by atoms with van der Waals surface area (Å²) in [7, 11) is 0. The van der Waals surface area contributed by atoms with Crippen LogP contribution in [0.25, 0.3) is 0 Å². The quantitative estimate of drug-likeness (QED) is 0.692. The SMILES string of the molecule is CC(C)c1ccc(C(c2ccc(C(F)(F)F)cc2)N2CCCC(C(=O)O)C2)cc1. The maximum Gasteiger partial charge on any atom is 0.416 e. The molecule has 2 unspecified atom stereocenters. The first-order chi connectivity index (χ1) is 13.7. The van der Waals surface area contributed by atoms with Crippen molar-refractivity contribution in [2.45, 2.75) is 44.8 Å². The third kappa shape index (κ3) is 4.99. The van der Waals surface area contributed by atoms with Gasteiger partial charge in [-0.2, -0.15) is 13.2 Å². The van der Waals surface area contributed by atoms with Crippen molar-refractivity contribution in [3.05, 3.63) is 70.8 Å². The highest BCUT2D eigenvalue weighted by Gasteiger charge is 2.33. The predicted molar refractivity (Wildman–Crippen MR) is 106 cm³/mol. The van der Waals surface area contributed by atoms with E-state index >= 15 is 0 Å². The van der Waals surface area contributed by atoms with Crippen LogP contribution in [0, 0.1) is 5.92 Å². The lowest BCUT2D eigenvalue weighted by molar-refractivity contribution is -0.144. The molecule has 1 saturated heterocycles. The fourth-order valence-electron chi connectivity index (χ4n) is 3.97. The molecule has 0 bridgehead atoms. The highest BCUT2D eigenvalue weighted by Crippen LogP contribution is 2.35. The molecule has 1 aliphatic heterocycles. The van der Waals surface area contributed by atoms with Gasteiger partial charge in [-0.05, 0) is 54.1 Å². The van der Waals surface area contributed by atoms with Gasteiger partial charge in [0.1, 0.15) is 0 Å². The van der Waals surface area contributed by atoms with E-state index in [1.54, 1.807) is 0 Å². The molecule has 29 heavy (non-hydrogen) atoms. The topological polar surface area (TPSA) is 40.5 Å². The fourth-order valence-corrected chi connectivity index (χ4v) is 3.97. The van der Waals surface area contributed by atoms with Crippen molar-refractivity contribution in [2.75, 3.05) is 13.1 Å². The van der Waals surface area contributed by atoms with Crippen LogP contribution in [-0.2, 0) is 11.0 Å². The van der Waals surface area contributed by atoms with Crippen LogP contribution in [0.5, 0.6) is 0 Å². The number of alkyl halides is 3. The Kier molecular flexibility index (Phi) is 6.32. The Balaban J connectivity index is 1.98. The smallest absolute Gasteiger partial charge is 0.416 e. The van der Waals surface area contributed by atoms with Crippen molar-refractivity contribution < 1.29 is 23.1 Å². The molecule has 2 atom stereocenters. The van der Waals surface area contributed by atoms with Crippen LogP contribution in [0.1, 0.15) is 60.9 Å². The number of hydrogen-bond donors (Lipinski definition) is 1. The first-order valence-electron chi connectivity index (χ1n) is 9.90. The van der Waals surface area contributed by atoms with E-state index in [1.165, 1.54) is 17.7 Å². The van der Waals surface area contributed by atoms with Gasteiger partial charge in [0.2, 0.25) is 0 Å². The van der Waals surface area contributed by atoms with Crippen LogP contribution in [0.4, 0.5) is 13.2 Å². The molecule has 0 radical (unpaired) electrons. The maximum absolute atomic E-state index is 13.0. The molecule has 2 aromatic rings. The zero-order chi connectivity index (χ0) is 21.2. The van der Waals surface area contributed by atoms with E-state index in [4.69, 9.17) is 0 Å². The molecule has 1 aliphatic rings. The number of halogens is 3. The van der Waals surface area contributed by atoms with E-state index in [9.17, 15) is 23.1 Å². The second-order valence-corrected chi connectivity index (χ2v) is 8.02. The molecule has 156 valence electrons. The minimum absolute atomic E-state index is 0.277. The number of hydrogen-bond acceptors (Lipinski definition) is 2. The molecule has 1 N–H and O–H groups in total.